The van der Waals surface area contributed by atoms with Crippen molar-refractivity contribution in [2.75, 3.05) is 26.2 Å². The molecule has 0 bridgehead atoms. The highest BCUT2D eigenvalue weighted by Crippen LogP contribution is 2.41. The van der Waals surface area contributed by atoms with Crippen LogP contribution in [0.1, 0.15) is 39.5 Å². The van der Waals surface area contributed by atoms with E-state index >= 15 is 0 Å². The fourth-order valence-electron chi connectivity index (χ4n) is 3.65. The first-order valence-corrected chi connectivity index (χ1v) is 7.28. The third-order valence-electron chi connectivity index (χ3n) is 4.91. The van der Waals surface area contributed by atoms with Gasteiger partial charge in [-0.3, -0.25) is 4.90 Å². The van der Waals surface area contributed by atoms with Gasteiger partial charge in [0.15, 0.2) is 0 Å². The summed E-state index contributed by atoms with van der Waals surface area (Å²) >= 11 is 0. The molecule has 1 saturated carbocycles. The normalized spacial score (nSPS) is 44.8. The van der Waals surface area contributed by atoms with Gasteiger partial charge in [-0.15, -0.1) is 0 Å². The molecule has 98 valence electrons. The van der Waals surface area contributed by atoms with E-state index in [0.29, 0.717) is 11.6 Å². The zero-order valence-electron chi connectivity index (χ0n) is 11.2. The van der Waals surface area contributed by atoms with E-state index < -0.39 is 0 Å². The Balaban J connectivity index is 1.62. The molecule has 0 radical (unpaired) electrons. The van der Waals surface area contributed by atoms with E-state index in [1.54, 1.807) is 0 Å². The smallest absolute Gasteiger partial charge is 0.0561 e. The molecule has 0 spiro atoms. The van der Waals surface area contributed by atoms with Gasteiger partial charge in [-0.05, 0) is 45.4 Å². The van der Waals surface area contributed by atoms with Crippen molar-refractivity contribution in [1.29, 1.82) is 0 Å². The fraction of sp³-hybridized carbons (Fsp3) is 1.00. The average Bonchev–Trinajstić information content (AvgIpc) is 3.13. The van der Waals surface area contributed by atoms with Crippen LogP contribution in [-0.2, 0) is 4.74 Å². The van der Waals surface area contributed by atoms with E-state index in [-0.39, 0.29) is 0 Å². The van der Waals surface area contributed by atoms with Crippen molar-refractivity contribution in [1.82, 2.24) is 10.2 Å². The quantitative estimate of drug-likeness (QED) is 0.791. The minimum absolute atomic E-state index is 0.389. The van der Waals surface area contributed by atoms with Crippen LogP contribution in [0, 0.1) is 5.92 Å². The molecule has 0 aromatic rings. The van der Waals surface area contributed by atoms with Crippen molar-refractivity contribution in [3.63, 3.8) is 0 Å². The largest absolute Gasteiger partial charge is 0.378 e. The molecule has 2 saturated heterocycles. The summed E-state index contributed by atoms with van der Waals surface area (Å²) in [5, 5.41) is 3.76. The van der Waals surface area contributed by atoms with Crippen LogP contribution in [-0.4, -0.2) is 48.8 Å². The topological polar surface area (TPSA) is 24.5 Å². The van der Waals surface area contributed by atoms with Crippen molar-refractivity contribution >= 4 is 0 Å². The molecule has 17 heavy (non-hydrogen) atoms. The highest BCUT2D eigenvalue weighted by molar-refractivity contribution is 5.03. The Morgan fingerprint density at radius 2 is 2.12 bits per heavy atom. The van der Waals surface area contributed by atoms with Crippen molar-refractivity contribution in [3.05, 3.63) is 0 Å². The van der Waals surface area contributed by atoms with Crippen LogP contribution in [0.2, 0.25) is 0 Å². The SMILES string of the molecule is CC1CC(N2CCNC(C)(C3CC3)C2)CCO1. The molecule has 2 heterocycles. The van der Waals surface area contributed by atoms with Gasteiger partial charge in [0.25, 0.3) is 0 Å². The highest BCUT2D eigenvalue weighted by atomic mass is 16.5. The van der Waals surface area contributed by atoms with Gasteiger partial charge in [-0.2, -0.15) is 0 Å². The lowest BCUT2D eigenvalue weighted by Crippen LogP contribution is -2.62. The van der Waals surface area contributed by atoms with Crippen molar-refractivity contribution < 1.29 is 4.74 Å². The average molecular weight is 238 g/mol. The standard InChI is InChI=1S/C14H26N2O/c1-11-9-13(5-8-17-11)16-7-6-15-14(2,10-16)12-3-4-12/h11-13,15H,3-10H2,1-2H3. The molecule has 3 atom stereocenters. The van der Waals surface area contributed by atoms with E-state index in [9.17, 15) is 0 Å². The molecule has 1 N–H and O–H groups in total. The summed E-state index contributed by atoms with van der Waals surface area (Å²) < 4.78 is 5.67. The monoisotopic (exact) mass is 238 g/mol. The van der Waals surface area contributed by atoms with Crippen LogP contribution in [0.3, 0.4) is 0 Å². The summed E-state index contributed by atoms with van der Waals surface area (Å²) in [7, 11) is 0. The second-order valence-electron chi connectivity index (χ2n) is 6.45. The Hall–Kier alpha value is -0.120. The summed E-state index contributed by atoms with van der Waals surface area (Å²) in [6, 6.07) is 0.763. The summed E-state index contributed by atoms with van der Waals surface area (Å²) in [5.41, 5.74) is 0.389. The predicted octanol–water partition coefficient (Wildman–Crippen LogP) is 1.63. The molecular formula is C14H26N2O. The summed E-state index contributed by atoms with van der Waals surface area (Å²) in [5.74, 6) is 0.933. The second kappa shape index (κ2) is 4.52. The molecule has 0 amide bonds. The molecule has 3 rings (SSSR count). The van der Waals surface area contributed by atoms with E-state index in [2.05, 4.69) is 24.1 Å². The minimum atomic E-state index is 0.389. The Morgan fingerprint density at radius 1 is 1.29 bits per heavy atom. The number of hydrogen-bond donors (Lipinski definition) is 1. The Morgan fingerprint density at radius 3 is 2.82 bits per heavy atom. The van der Waals surface area contributed by atoms with Crippen LogP contribution >= 0.6 is 0 Å². The number of piperazine rings is 1. The van der Waals surface area contributed by atoms with E-state index in [1.807, 2.05) is 0 Å². The lowest BCUT2D eigenvalue weighted by Gasteiger charge is -2.46. The van der Waals surface area contributed by atoms with Crippen LogP contribution < -0.4 is 5.32 Å². The zero-order chi connectivity index (χ0) is 11.9. The summed E-state index contributed by atoms with van der Waals surface area (Å²) in [6.07, 6.45) is 5.77. The molecule has 0 aromatic carbocycles. The Bertz CT molecular complexity index is 279. The number of ether oxygens (including phenoxy) is 1. The number of nitrogens with one attached hydrogen (secondary N) is 1. The third-order valence-corrected chi connectivity index (χ3v) is 4.91. The number of hydrogen-bond acceptors (Lipinski definition) is 3. The number of nitrogens with zero attached hydrogens (tertiary/aromatic N) is 1. The van der Waals surface area contributed by atoms with Gasteiger partial charge >= 0.3 is 0 Å². The lowest BCUT2D eigenvalue weighted by atomic mass is 9.90. The molecular weight excluding hydrogens is 212 g/mol. The Kier molecular flexibility index (Phi) is 3.18. The molecule has 3 aliphatic rings. The maximum absolute atomic E-state index is 5.67. The van der Waals surface area contributed by atoms with Crippen molar-refractivity contribution in [2.24, 2.45) is 5.92 Å². The van der Waals surface area contributed by atoms with Crippen LogP contribution in [0.4, 0.5) is 0 Å². The Labute approximate surface area is 105 Å². The maximum atomic E-state index is 5.67. The molecule has 1 aliphatic carbocycles. The molecule has 3 heteroatoms. The molecule has 2 aliphatic heterocycles. The third kappa shape index (κ3) is 2.51. The van der Waals surface area contributed by atoms with Gasteiger partial charge < -0.3 is 10.1 Å². The molecule has 3 fully saturated rings. The van der Waals surface area contributed by atoms with Gasteiger partial charge in [0.05, 0.1) is 6.10 Å². The van der Waals surface area contributed by atoms with Crippen molar-refractivity contribution in [2.45, 2.75) is 57.2 Å². The van der Waals surface area contributed by atoms with E-state index in [4.69, 9.17) is 4.74 Å². The number of rotatable bonds is 2. The first kappa shape index (κ1) is 11.9. The van der Waals surface area contributed by atoms with Crippen LogP contribution in [0.5, 0.6) is 0 Å². The van der Waals surface area contributed by atoms with E-state index in [0.717, 1.165) is 18.6 Å². The lowest BCUT2D eigenvalue weighted by molar-refractivity contribution is -0.0311. The van der Waals surface area contributed by atoms with Gasteiger partial charge in [0.2, 0.25) is 0 Å². The van der Waals surface area contributed by atoms with Gasteiger partial charge in [-0.25, -0.2) is 0 Å². The summed E-state index contributed by atoms with van der Waals surface area (Å²) in [4.78, 5) is 2.73. The zero-order valence-corrected chi connectivity index (χ0v) is 11.2. The van der Waals surface area contributed by atoms with E-state index in [1.165, 1.54) is 45.3 Å². The molecule has 3 nitrogen and oxygen atoms in total. The minimum Gasteiger partial charge on any atom is -0.378 e. The molecule has 0 aromatic heterocycles. The second-order valence-corrected chi connectivity index (χ2v) is 6.45. The van der Waals surface area contributed by atoms with Gasteiger partial charge in [-0.1, -0.05) is 0 Å². The maximum Gasteiger partial charge on any atom is 0.0561 e. The summed E-state index contributed by atoms with van der Waals surface area (Å²) in [6.45, 7) is 9.23. The first-order valence-electron chi connectivity index (χ1n) is 7.28. The molecule has 3 unspecified atom stereocenters. The first-order chi connectivity index (χ1) is 8.17. The van der Waals surface area contributed by atoms with Gasteiger partial charge in [0, 0.05) is 37.8 Å². The predicted molar refractivity (Wildman–Crippen MR) is 69.1 cm³/mol. The van der Waals surface area contributed by atoms with Crippen LogP contribution in [0.25, 0.3) is 0 Å². The van der Waals surface area contributed by atoms with Gasteiger partial charge in [0.1, 0.15) is 0 Å². The van der Waals surface area contributed by atoms with Crippen LogP contribution in [0.15, 0.2) is 0 Å². The van der Waals surface area contributed by atoms with Crippen molar-refractivity contribution in [3.8, 4) is 0 Å². The highest BCUT2D eigenvalue weighted by Gasteiger charge is 2.45. The fourth-order valence-corrected chi connectivity index (χ4v) is 3.65.